The number of fused-ring (bicyclic) bond motifs is 1. The van der Waals surface area contributed by atoms with E-state index in [2.05, 4.69) is 51.8 Å². The summed E-state index contributed by atoms with van der Waals surface area (Å²) in [5.41, 5.74) is 4.26. The minimum absolute atomic E-state index is 0.137. The second-order valence-electron chi connectivity index (χ2n) is 6.92. The highest BCUT2D eigenvalue weighted by molar-refractivity contribution is 7.99. The summed E-state index contributed by atoms with van der Waals surface area (Å²) >= 11 is 1.26. The van der Waals surface area contributed by atoms with Crippen LogP contribution in [0.2, 0.25) is 0 Å². The number of ether oxygens (including phenoxy) is 2. The van der Waals surface area contributed by atoms with Gasteiger partial charge in [0.25, 0.3) is 0 Å². The Hall–Kier alpha value is -3.59. The third-order valence-corrected chi connectivity index (χ3v) is 5.82. The maximum absolute atomic E-state index is 12.6. The number of nitrogens with zero attached hydrogens (tertiary/aromatic N) is 4. The summed E-state index contributed by atoms with van der Waals surface area (Å²) in [7, 11) is 3.12. The van der Waals surface area contributed by atoms with Gasteiger partial charge in [0.2, 0.25) is 11.1 Å². The monoisotopic (exact) mass is 449 g/mol. The second kappa shape index (κ2) is 9.69. The molecule has 0 fully saturated rings. The highest BCUT2D eigenvalue weighted by Crippen LogP contribution is 2.29. The lowest BCUT2D eigenvalue weighted by atomic mass is 10.1. The Balaban J connectivity index is 1.49. The number of hydrogen-bond acceptors (Lipinski definition) is 7. The number of amides is 1. The molecule has 0 spiro atoms. The SMILES string of the molecule is CCc1ccc(-c2ccc3nnc(SCC(=O)Nc4cc(OC)ccc4OC)n3n2)cc1. The van der Waals surface area contributed by atoms with Gasteiger partial charge in [-0.2, -0.15) is 9.61 Å². The van der Waals surface area contributed by atoms with E-state index < -0.39 is 0 Å². The van der Waals surface area contributed by atoms with Crippen LogP contribution in [0.4, 0.5) is 5.69 Å². The molecule has 4 aromatic rings. The van der Waals surface area contributed by atoms with Gasteiger partial charge < -0.3 is 14.8 Å². The molecule has 2 aromatic carbocycles. The Bertz CT molecular complexity index is 1240. The number of aromatic nitrogens is 4. The molecule has 164 valence electrons. The molecule has 1 amide bonds. The molecule has 0 aliphatic carbocycles. The smallest absolute Gasteiger partial charge is 0.234 e. The number of carbonyl (C=O) groups excluding carboxylic acids is 1. The first-order chi connectivity index (χ1) is 15.6. The van der Waals surface area contributed by atoms with Gasteiger partial charge in [0, 0.05) is 11.6 Å². The third-order valence-electron chi connectivity index (χ3n) is 4.91. The summed E-state index contributed by atoms with van der Waals surface area (Å²) in [5, 5.41) is 16.4. The van der Waals surface area contributed by atoms with Gasteiger partial charge >= 0.3 is 0 Å². The number of aryl methyl sites for hydroxylation is 1. The summed E-state index contributed by atoms with van der Waals surface area (Å²) in [6.07, 6.45) is 0.989. The van der Waals surface area contributed by atoms with Crippen molar-refractivity contribution in [3.05, 3.63) is 60.2 Å². The molecular formula is C23H23N5O3S. The van der Waals surface area contributed by atoms with Gasteiger partial charge in [-0.25, -0.2) is 0 Å². The summed E-state index contributed by atoms with van der Waals surface area (Å²) in [5.74, 6) is 1.11. The second-order valence-corrected chi connectivity index (χ2v) is 7.87. The van der Waals surface area contributed by atoms with Crippen molar-refractivity contribution in [2.45, 2.75) is 18.5 Å². The van der Waals surface area contributed by atoms with Crippen LogP contribution in [-0.4, -0.2) is 45.7 Å². The van der Waals surface area contributed by atoms with Crippen LogP contribution in [0.3, 0.4) is 0 Å². The zero-order valence-corrected chi connectivity index (χ0v) is 18.8. The molecule has 0 aliphatic rings. The lowest BCUT2D eigenvalue weighted by Gasteiger charge is -2.11. The van der Waals surface area contributed by atoms with Gasteiger partial charge in [-0.3, -0.25) is 4.79 Å². The van der Waals surface area contributed by atoms with Crippen molar-refractivity contribution >= 4 is 29.0 Å². The van der Waals surface area contributed by atoms with E-state index in [0.29, 0.717) is 28.0 Å². The van der Waals surface area contributed by atoms with Gasteiger partial charge in [0.05, 0.1) is 31.4 Å². The quantitative estimate of drug-likeness (QED) is 0.405. The molecule has 0 atom stereocenters. The van der Waals surface area contributed by atoms with E-state index >= 15 is 0 Å². The number of nitrogens with one attached hydrogen (secondary N) is 1. The van der Waals surface area contributed by atoms with Gasteiger partial charge in [-0.1, -0.05) is 43.0 Å². The molecule has 2 heterocycles. The first-order valence-electron chi connectivity index (χ1n) is 10.1. The molecule has 0 aliphatic heterocycles. The number of benzene rings is 2. The maximum Gasteiger partial charge on any atom is 0.234 e. The number of thioether (sulfide) groups is 1. The summed E-state index contributed by atoms with van der Waals surface area (Å²) < 4.78 is 12.2. The van der Waals surface area contributed by atoms with Crippen LogP contribution in [0.5, 0.6) is 11.5 Å². The van der Waals surface area contributed by atoms with E-state index in [1.165, 1.54) is 17.3 Å². The number of anilines is 1. The molecular weight excluding hydrogens is 426 g/mol. The molecule has 1 N–H and O–H groups in total. The van der Waals surface area contributed by atoms with E-state index in [1.807, 2.05) is 12.1 Å². The van der Waals surface area contributed by atoms with E-state index in [9.17, 15) is 4.79 Å². The molecule has 0 bridgehead atoms. The first-order valence-corrected chi connectivity index (χ1v) is 11.1. The van der Waals surface area contributed by atoms with Gasteiger partial charge in [-0.15, -0.1) is 10.2 Å². The number of carbonyl (C=O) groups is 1. The van der Waals surface area contributed by atoms with Crippen molar-refractivity contribution in [1.29, 1.82) is 0 Å². The van der Waals surface area contributed by atoms with Gasteiger partial charge in [0.15, 0.2) is 5.65 Å². The van der Waals surface area contributed by atoms with Crippen molar-refractivity contribution < 1.29 is 14.3 Å². The van der Waals surface area contributed by atoms with Crippen molar-refractivity contribution in [3.8, 4) is 22.8 Å². The average Bonchev–Trinajstić information content (AvgIpc) is 3.25. The molecule has 0 saturated heterocycles. The van der Waals surface area contributed by atoms with Gasteiger partial charge in [0.1, 0.15) is 11.5 Å². The van der Waals surface area contributed by atoms with Crippen LogP contribution < -0.4 is 14.8 Å². The van der Waals surface area contributed by atoms with Crippen molar-refractivity contribution in [2.75, 3.05) is 25.3 Å². The summed E-state index contributed by atoms with van der Waals surface area (Å²) in [6, 6.07) is 17.3. The van der Waals surface area contributed by atoms with E-state index in [-0.39, 0.29) is 11.7 Å². The fourth-order valence-corrected chi connectivity index (χ4v) is 3.84. The van der Waals surface area contributed by atoms with Crippen LogP contribution in [-0.2, 0) is 11.2 Å². The number of rotatable bonds is 8. The third kappa shape index (κ3) is 4.67. The van der Waals surface area contributed by atoms with Crippen molar-refractivity contribution in [3.63, 3.8) is 0 Å². The predicted molar refractivity (Wildman–Crippen MR) is 124 cm³/mol. The van der Waals surface area contributed by atoms with Gasteiger partial charge in [-0.05, 0) is 36.2 Å². The van der Waals surface area contributed by atoms with Crippen molar-refractivity contribution in [1.82, 2.24) is 19.8 Å². The standard InChI is InChI=1S/C23H23N5O3S/c1-4-15-5-7-16(8-6-15)18-10-12-21-25-26-23(28(21)27-18)32-14-22(29)24-19-13-17(30-2)9-11-20(19)31-3/h5-13H,4,14H2,1-3H3,(H,24,29). The van der Waals surface area contributed by atoms with Crippen LogP contribution in [0, 0.1) is 0 Å². The lowest BCUT2D eigenvalue weighted by molar-refractivity contribution is -0.113. The molecule has 0 radical (unpaired) electrons. The lowest BCUT2D eigenvalue weighted by Crippen LogP contribution is -2.15. The molecule has 4 rings (SSSR count). The topological polar surface area (TPSA) is 90.6 Å². The normalized spacial score (nSPS) is 10.8. The highest BCUT2D eigenvalue weighted by Gasteiger charge is 2.14. The molecule has 0 unspecified atom stereocenters. The Morgan fingerprint density at radius 3 is 2.56 bits per heavy atom. The first kappa shape index (κ1) is 21.6. The minimum Gasteiger partial charge on any atom is -0.497 e. The molecule has 32 heavy (non-hydrogen) atoms. The number of methoxy groups -OCH3 is 2. The summed E-state index contributed by atoms with van der Waals surface area (Å²) in [4.78, 5) is 12.6. The van der Waals surface area contributed by atoms with Crippen LogP contribution >= 0.6 is 11.8 Å². The number of hydrogen-bond donors (Lipinski definition) is 1. The molecule has 8 nitrogen and oxygen atoms in total. The van der Waals surface area contributed by atoms with Crippen LogP contribution in [0.1, 0.15) is 12.5 Å². The zero-order valence-electron chi connectivity index (χ0n) is 18.0. The van der Waals surface area contributed by atoms with E-state index in [0.717, 1.165) is 17.7 Å². The largest absolute Gasteiger partial charge is 0.497 e. The predicted octanol–water partition coefficient (Wildman–Crippen LogP) is 4.10. The molecule has 2 aromatic heterocycles. The zero-order chi connectivity index (χ0) is 22.5. The maximum atomic E-state index is 12.6. The van der Waals surface area contributed by atoms with Crippen LogP contribution in [0.25, 0.3) is 16.9 Å². The minimum atomic E-state index is -0.204. The Labute approximate surface area is 190 Å². The molecule has 0 saturated carbocycles. The highest BCUT2D eigenvalue weighted by atomic mass is 32.2. The Kier molecular flexibility index (Phi) is 6.55. The Morgan fingerprint density at radius 1 is 1.03 bits per heavy atom. The Morgan fingerprint density at radius 2 is 1.84 bits per heavy atom. The average molecular weight is 450 g/mol. The van der Waals surface area contributed by atoms with E-state index in [1.54, 1.807) is 36.9 Å². The molecule has 9 heteroatoms. The van der Waals surface area contributed by atoms with Crippen LogP contribution in [0.15, 0.2) is 59.8 Å². The fourth-order valence-electron chi connectivity index (χ4n) is 3.15. The van der Waals surface area contributed by atoms with Crippen molar-refractivity contribution in [2.24, 2.45) is 0 Å². The summed E-state index contributed by atoms with van der Waals surface area (Å²) in [6.45, 7) is 2.13. The fraction of sp³-hybridized carbons (Fsp3) is 0.217. The van der Waals surface area contributed by atoms with E-state index in [4.69, 9.17) is 9.47 Å².